The number of carbonyl (C=O) groups excluding carboxylic acids is 1. The van der Waals surface area contributed by atoms with E-state index in [9.17, 15) is 4.79 Å². The van der Waals surface area contributed by atoms with E-state index < -0.39 is 6.04 Å². The zero-order valence-electron chi connectivity index (χ0n) is 12.6. The summed E-state index contributed by atoms with van der Waals surface area (Å²) < 4.78 is 0.941. The van der Waals surface area contributed by atoms with E-state index in [2.05, 4.69) is 36.7 Å². The van der Waals surface area contributed by atoms with E-state index in [1.807, 2.05) is 24.3 Å². The van der Waals surface area contributed by atoms with Crippen molar-refractivity contribution in [2.75, 3.05) is 5.32 Å². The highest BCUT2D eigenvalue weighted by molar-refractivity contribution is 9.10. The first-order chi connectivity index (χ1) is 11.5. The molecule has 0 bridgehead atoms. The molecule has 0 saturated carbocycles. The van der Waals surface area contributed by atoms with Gasteiger partial charge in [-0.3, -0.25) is 4.79 Å². The summed E-state index contributed by atoms with van der Waals surface area (Å²) in [5.41, 5.74) is 1.37. The molecule has 3 rings (SSSR count). The van der Waals surface area contributed by atoms with E-state index in [1.165, 1.54) is 4.80 Å². The molecule has 24 heavy (non-hydrogen) atoms. The summed E-state index contributed by atoms with van der Waals surface area (Å²) in [6, 6.07) is 13.9. The van der Waals surface area contributed by atoms with Crippen molar-refractivity contribution in [3.63, 3.8) is 0 Å². The zero-order valence-corrected chi connectivity index (χ0v) is 15.0. The van der Waals surface area contributed by atoms with Gasteiger partial charge >= 0.3 is 0 Å². The molecular formula is C16H13BrClN5O. The van der Waals surface area contributed by atoms with Crippen molar-refractivity contribution in [3.05, 3.63) is 58.0 Å². The van der Waals surface area contributed by atoms with E-state index in [0.717, 1.165) is 4.47 Å². The highest BCUT2D eigenvalue weighted by Gasteiger charge is 2.19. The Morgan fingerprint density at radius 3 is 2.62 bits per heavy atom. The minimum atomic E-state index is -0.614. The first-order valence-electron chi connectivity index (χ1n) is 7.15. The number of aromatic nitrogens is 4. The van der Waals surface area contributed by atoms with Crippen LogP contribution in [0.2, 0.25) is 5.02 Å². The van der Waals surface area contributed by atoms with Crippen LogP contribution in [0.25, 0.3) is 11.4 Å². The summed E-state index contributed by atoms with van der Waals surface area (Å²) in [6.07, 6.45) is 0. The molecule has 1 N–H and O–H groups in total. The Morgan fingerprint density at radius 1 is 1.21 bits per heavy atom. The summed E-state index contributed by atoms with van der Waals surface area (Å²) in [7, 11) is 0. The van der Waals surface area contributed by atoms with Gasteiger partial charge in [0.05, 0.1) is 5.02 Å². The summed E-state index contributed by atoms with van der Waals surface area (Å²) in [6.45, 7) is 1.70. The summed E-state index contributed by atoms with van der Waals surface area (Å²) in [5, 5.41) is 15.5. The first kappa shape index (κ1) is 16.6. The normalized spacial score (nSPS) is 12.0. The van der Waals surface area contributed by atoms with Crippen molar-refractivity contribution < 1.29 is 4.79 Å². The van der Waals surface area contributed by atoms with E-state index in [1.54, 1.807) is 31.2 Å². The van der Waals surface area contributed by atoms with Crippen molar-refractivity contribution in [1.29, 1.82) is 0 Å². The number of hydrogen-bond donors (Lipinski definition) is 1. The van der Waals surface area contributed by atoms with Crippen LogP contribution in [0.1, 0.15) is 13.0 Å². The third-order valence-electron chi connectivity index (χ3n) is 3.38. The number of benzene rings is 2. The van der Waals surface area contributed by atoms with E-state index in [0.29, 0.717) is 22.1 Å². The monoisotopic (exact) mass is 405 g/mol. The molecule has 1 amide bonds. The number of anilines is 1. The molecule has 122 valence electrons. The van der Waals surface area contributed by atoms with E-state index in [4.69, 9.17) is 11.6 Å². The number of nitrogens with one attached hydrogen (secondary N) is 1. The molecule has 1 heterocycles. The van der Waals surface area contributed by atoms with Crippen molar-refractivity contribution in [1.82, 2.24) is 20.2 Å². The lowest BCUT2D eigenvalue weighted by atomic mass is 10.2. The fourth-order valence-electron chi connectivity index (χ4n) is 2.02. The average Bonchev–Trinajstić information content (AvgIpc) is 3.06. The molecule has 0 saturated heterocycles. The Bertz CT molecular complexity index is 865. The largest absolute Gasteiger partial charge is 0.324 e. The van der Waals surface area contributed by atoms with Crippen LogP contribution in [0.15, 0.2) is 53.0 Å². The highest BCUT2D eigenvalue weighted by Crippen LogP contribution is 2.24. The molecule has 0 spiro atoms. The minimum Gasteiger partial charge on any atom is -0.324 e. The summed E-state index contributed by atoms with van der Waals surface area (Å²) in [4.78, 5) is 13.6. The molecule has 1 aromatic heterocycles. The van der Waals surface area contributed by atoms with Gasteiger partial charge in [-0.1, -0.05) is 39.7 Å². The van der Waals surface area contributed by atoms with Gasteiger partial charge < -0.3 is 5.32 Å². The van der Waals surface area contributed by atoms with Gasteiger partial charge in [0.1, 0.15) is 6.04 Å². The molecular weight excluding hydrogens is 394 g/mol. The second-order valence-corrected chi connectivity index (χ2v) is 6.41. The maximum atomic E-state index is 12.3. The molecule has 8 heteroatoms. The fourth-order valence-corrected chi connectivity index (χ4v) is 2.51. The van der Waals surface area contributed by atoms with Crippen molar-refractivity contribution in [2.24, 2.45) is 0 Å². The number of halogens is 2. The van der Waals surface area contributed by atoms with Crippen molar-refractivity contribution in [2.45, 2.75) is 13.0 Å². The molecule has 1 atom stereocenters. The Morgan fingerprint density at radius 2 is 1.92 bits per heavy atom. The number of nitrogens with zero attached hydrogens (tertiary/aromatic N) is 4. The predicted octanol–water partition coefficient (Wildman–Crippen LogP) is 3.96. The molecule has 0 aliphatic carbocycles. The molecule has 0 aliphatic heterocycles. The Balaban J connectivity index is 1.75. The van der Waals surface area contributed by atoms with Gasteiger partial charge in [0.15, 0.2) is 0 Å². The van der Waals surface area contributed by atoms with Gasteiger partial charge in [-0.15, -0.1) is 10.2 Å². The number of carbonyl (C=O) groups is 1. The smallest absolute Gasteiger partial charge is 0.250 e. The number of amides is 1. The lowest BCUT2D eigenvalue weighted by molar-refractivity contribution is -0.119. The van der Waals surface area contributed by atoms with Crippen molar-refractivity contribution >= 4 is 39.1 Å². The number of tetrazole rings is 1. The van der Waals surface area contributed by atoms with Gasteiger partial charge in [-0.2, -0.15) is 4.80 Å². The molecule has 3 aromatic rings. The minimum absolute atomic E-state index is 0.236. The fraction of sp³-hybridized carbons (Fsp3) is 0.125. The van der Waals surface area contributed by atoms with Gasteiger partial charge in [-0.05, 0) is 48.5 Å². The van der Waals surface area contributed by atoms with Crippen LogP contribution in [0.4, 0.5) is 5.69 Å². The van der Waals surface area contributed by atoms with E-state index in [-0.39, 0.29) is 5.91 Å². The second-order valence-electron chi connectivity index (χ2n) is 5.09. The van der Waals surface area contributed by atoms with Crippen LogP contribution in [-0.4, -0.2) is 26.1 Å². The van der Waals surface area contributed by atoms with Crippen LogP contribution in [0.5, 0.6) is 0 Å². The SMILES string of the molecule is C[C@@H](C(=O)Nc1ccc(Br)cc1)n1nnc(-c2ccccc2Cl)n1. The third kappa shape index (κ3) is 3.63. The van der Waals surface area contributed by atoms with Gasteiger partial charge in [0.2, 0.25) is 5.82 Å². The van der Waals surface area contributed by atoms with Crippen molar-refractivity contribution in [3.8, 4) is 11.4 Å². The lowest BCUT2D eigenvalue weighted by Gasteiger charge is -2.10. The summed E-state index contributed by atoms with van der Waals surface area (Å²) in [5.74, 6) is 0.143. The molecule has 0 unspecified atom stereocenters. The maximum Gasteiger partial charge on any atom is 0.250 e. The first-order valence-corrected chi connectivity index (χ1v) is 8.32. The number of rotatable bonds is 4. The van der Waals surface area contributed by atoms with Crippen LogP contribution in [-0.2, 0) is 4.79 Å². The Labute approximate surface area is 152 Å². The van der Waals surface area contributed by atoms with Crippen LogP contribution >= 0.6 is 27.5 Å². The van der Waals surface area contributed by atoms with Crippen LogP contribution in [0.3, 0.4) is 0 Å². The second kappa shape index (κ2) is 7.11. The summed E-state index contributed by atoms with van der Waals surface area (Å²) >= 11 is 9.48. The molecule has 6 nitrogen and oxygen atoms in total. The molecule has 0 aliphatic rings. The topological polar surface area (TPSA) is 72.7 Å². The van der Waals surface area contributed by atoms with Gasteiger partial charge in [-0.25, -0.2) is 0 Å². The Hall–Kier alpha value is -2.25. The average molecular weight is 407 g/mol. The maximum absolute atomic E-state index is 12.3. The predicted molar refractivity (Wildman–Crippen MR) is 95.7 cm³/mol. The number of hydrogen-bond acceptors (Lipinski definition) is 4. The van der Waals surface area contributed by atoms with Gasteiger partial charge in [0, 0.05) is 15.7 Å². The zero-order chi connectivity index (χ0) is 17.1. The standard InChI is InChI=1S/C16H13BrClN5O/c1-10(16(24)19-12-8-6-11(17)7-9-12)23-21-15(20-22-23)13-4-2-3-5-14(13)18/h2-10H,1H3,(H,19,24)/t10-/m0/s1. The van der Waals surface area contributed by atoms with Crippen LogP contribution in [0, 0.1) is 0 Å². The Kier molecular flexibility index (Phi) is 4.92. The van der Waals surface area contributed by atoms with Crippen LogP contribution < -0.4 is 5.32 Å². The molecule has 2 aromatic carbocycles. The lowest BCUT2D eigenvalue weighted by Crippen LogP contribution is -2.25. The molecule has 0 fully saturated rings. The quantitative estimate of drug-likeness (QED) is 0.712. The van der Waals surface area contributed by atoms with E-state index >= 15 is 0 Å². The molecule has 0 radical (unpaired) electrons. The highest BCUT2D eigenvalue weighted by atomic mass is 79.9. The third-order valence-corrected chi connectivity index (χ3v) is 4.24. The van der Waals surface area contributed by atoms with Gasteiger partial charge in [0.25, 0.3) is 5.91 Å².